The van der Waals surface area contributed by atoms with Crippen LogP contribution >= 0.6 is 0 Å². The van der Waals surface area contributed by atoms with Gasteiger partial charge >= 0.3 is 12.1 Å². The van der Waals surface area contributed by atoms with Gasteiger partial charge in [-0.15, -0.1) is 0 Å². The number of halogens is 5. The van der Waals surface area contributed by atoms with Gasteiger partial charge in [-0.1, -0.05) is 0 Å². The summed E-state index contributed by atoms with van der Waals surface area (Å²) in [5, 5.41) is 2.00. The van der Waals surface area contributed by atoms with Crippen LogP contribution in [0.25, 0.3) is 0 Å². The van der Waals surface area contributed by atoms with Crippen molar-refractivity contribution in [2.75, 3.05) is 0 Å². The number of nitrogens with zero attached hydrogens (tertiary/aromatic N) is 1. The van der Waals surface area contributed by atoms with Crippen LogP contribution in [-0.2, 0) is 19.1 Å². The fraction of sp³-hybridized carbons (Fsp3) is 0.333. The first kappa shape index (κ1) is 23.8. The number of nitrogens with one attached hydrogen (secondary N) is 1. The van der Waals surface area contributed by atoms with Crippen molar-refractivity contribution >= 4 is 23.9 Å². The number of esters is 1. The van der Waals surface area contributed by atoms with E-state index in [-0.39, 0.29) is 4.90 Å². The minimum Gasteiger partial charge on any atom is -0.444 e. The molecule has 0 aromatic heterocycles. The van der Waals surface area contributed by atoms with Crippen LogP contribution in [0.5, 0.6) is 5.75 Å². The van der Waals surface area contributed by atoms with E-state index in [2.05, 4.69) is 4.74 Å². The second-order valence-corrected chi connectivity index (χ2v) is 7.19. The van der Waals surface area contributed by atoms with Crippen molar-refractivity contribution in [3.63, 3.8) is 0 Å². The molecule has 0 fully saturated rings. The van der Waals surface area contributed by atoms with Crippen LogP contribution in [0.3, 0.4) is 0 Å². The van der Waals surface area contributed by atoms with Crippen molar-refractivity contribution in [1.82, 2.24) is 10.2 Å². The van der Waals surface area contributed by atoms with Crippen molar-refractivity contribution in [2.24, 2.45) is 0 Å². The zero-order chi connectivity index (χ0) is 23.8. The van der Waals surface area contributed by atoms with Gasteiger partial charge in [0.05, 0.1) is 0 Å². The number of amides is 3. The molecule has 13 heteroatoms. The fourth-order valence-electron chi connectivity index (χ4n) is 2.32. The minimum absolute atomic E-state index is 0.251. The molecule has 0 bridgehead atoms. The topological polar surface area (TPSA) is 102 Å². The standard InChI is InChI=1S/C18H15F5N2O6/c1-6(16(28)30-14-12(22)10(20)9(19)11(21)13(14)23)25-8(26)5-7(15(25)27)24-17(29)31-18(2,3)4/h5-6H,1-4H3,(H,24,29)/t6-/m0/s1. The summed E-state index contributed by atoms with van der Waals surface area (Å²) in [5.41, 5.74) is -1.50. The number of hydrogen-bond acceptors (Lipinski definition) is 6. The van der Waals surface area contributed by atoms with E-state index in [1.54, 1.807) is 0 Å². The SMILES string of the molecule is C[C@@H](C(=O)Oc1c(F)c(F)c(F)c(F)c1F)N1C(=O)C=C(NC(=O)OC(C)(C)C)C1=O. The molecule has 0 saturated carbocycles. The third kappa shape index (κ3) is 4.81. The van der Waals surface area contributed by atoms with Crippen LogP contribution in [0.15, 0.2) is 11.8 Å². The lowest BCUT2D eigenvalue weighted by molar-refractivity contribution is -0.151. The first-order chi connectivity index (χ1) is 14.2. The van der Waals surface area contributed by atoms with Gasteiger partial charge in [-0.25, -0.2) is 22.8 Å². The smallest absolute Gasteiger partial charge is 0.412 e. The summed E-state index contributed by atoms with van der Waals surface area (Å²) in [5.74, 6) is -17.9. The predicted molar refractivity (Wildman–Crippen MR) is 90.6 cm³/mol. The van der Waals surface area contributed by atoms with Crippen LogP contribution in [0, 0.1) is 29.1 Å². The summed E-state index contributed by atoms with van der Waals surface area (Å²) in [6, 6.07) is -1.86. The number of carbonyl (C=O) groups excluding carboxylic acids is 4. The molecule has 31 heavy (non-hydrogen) atoms. The van der Waals surface area contributed by atoms with Crippen molar-refractivity contribution in [3.05, 3.63) is 40.9 Å². The molecule has 0 saturated heterocycles. The van der Waals surface area contributed by atoms with E-state index in [1.165, 1.54) is 20.8 Å². The third-order valence-corrected chi connectivity index (χ3v) is 3.69. The normalized spacial score (nSPS) is 15.0. The molecule has 1 atom stereocenters. The zero-order valence-electron chi connectivity index (χ0n) is 16.4. The molecule has 1 heterocycles. The van der Waals surface area contributed by atoms with Crippen LogP contribution in [-0.4, -0.2) is 40.4 Å². The van der Waals surface area contributed by atoms with Crippen molar-refractivity contribution in [3.8, 4) is 5.75 Å². The van der Waals surface area contributed by atoms with Crippen molar-refractivity contribution < 1.29 is 50.6 Å². The first-order valence-corrected chi connectivity index (χ1v) is 8.48. The van der Waals surface area contributed by atoms with Gasteiger partial charge in [0.15, 0.2) is 0 Å². The van der Waals surface area contributed by atoms with Gasteiger partial charge in [0.25, 0.3) is 11.8 Å². The molecule has 1 N–H and O–H groups in total. The molecule has 0 radical (unpaired) electrons. The Morgan fingerprint density at radius 2 is 1.45 bits per heavy atom. The lowest BCUT2D eigenvalue weighted by Crippen LogP contribution is -2.46. The van der Waals surface area contributed by atoms with Crippen LogP contribution in [0.2, 0.25) is 0 Å². The van der Waals surface area contributed by atoms with Crippen molar-refractivity contribution in [2.45, 2.75) is 39.3 Å². The molecule has 1 aliphatic rings. The Morgan fingerprint density at radius 3 is 1.94 bits per heavy atom. The maximum atomic E-state index is 13.7. The van der Waals surface area contributed by atoms with E-state index in [1.807, 2.05) is 5.32 Å². The molecule has 8 nitrogen and oxygen atoms in total. The summed E-state index contributed by atoms with van der Waals surface area (Å²) in [6.45, 7) is 5.50. The van der Waals surface area contributed by atoms with E-state index in [9.17, 15) is 41.1 Å². The highest BCUT2D eigenvalue weighted by atomic mass is 19.2. The highest BCUT2D eigenvalue weighted by Gasteiger charge is 2.40. The number of carbonyl (C=O) groups is 4. The van der Waals surface area contributed by atoms with Crippen LogP contribution in [0.1, 0.15) is 27.7 Å². The maximum Gasteiger partial charge on any atom is 0.412 e. The first-order valence-electron chi connectivity index (χ1n) is 8.48. The van der Waals surface area contributed by atoms with Crippen LogP contribution in [0.4, 0.5) is 26.7 Å². The number of imide groups is 1. The van der Waals surface area contributed by atoms with Crippen LogP contribution < -0.4 is 10.1 Å². The average Bonchev–Trinajstić information content (AvgIpc) is 2.92. The molecule has 1 aliphatic heterocycles. The van der Waals surface area contributed by atoms with Gasteiger partial charge in [-0.2, -0.15) is 8.78 Å². The molecule has 0 aliphatic carbocycles. The second-order valence-electron chi connectivity index (χ2n) is 7.19. The number of hydrogen-bond donors (Lipinski definition) is 1. The molecule has 3 amide bonds. The molecular weight excluding hydrogens is 435 g/mol. The number of benzene rings is 1. The lowest BCUT2D eigenvalue weighted by Gasteiger charge is -2.22. The summed E-state index contributed by atoms with van der Waals surface area (Å²) >= 11 is 0. The molecule has 2 rings (SSSR count). The summed E-state index contributed by atoms with van der Waals surface area (Å²) in [4.78, 5) is 48.5. The van der Waals surface area contributed by atoms with Gasteiger partial charge in [-0.05, 0) is 27.7 Å². The molecule has 1 aromatic carbocycles. The Balaban J connectivity index is 2.19. The minimum atomic E-state index is -2.46. The van der Waals surface area contributed by atoms with E-state index in [0.29, 0.717) is 6.08 Å². The maximum absolute atomic E-state index is 13.7. The zero-order valence-corrected chi connectivity index (χ0v) is 16.4. The Hall–Kier alpha value is -3.51. The molecule has 0 spiro atoms. The summed E-state index contributed by atoms with van der Waals surface area (Å²) < 4.78 is 76.1. The average molecular weight is 450 g/mol. The van der Waals surface area contributed by atoms with Gasteiger partial charge in [-0.3, -0.25) is 19.8 Å². The largest absolute Gasteiger partial charge is 0.444 e. The highest BCUT2D eigenvalue weighted by molar-refractivity contribution is 6.18. The van der Waals surface area contributed by atoms with Gasteiger partial charge < -0.3 is 9.47 Å². The summed E-state index contributed by atoms with van der Waals surface area (Å²) in [6.07, 6.45) is -0.438. The number of alkyl carbamates (subject to hydrolysis) is 1. The van der Waals surface area contributed by atoms with E-state index < -0.39 is 76.1 Å². The molecule has 0 unspecified atom stereocenters. The Labute approximate surface area is 171 Å². The van der Waals surface area contributed by atoms with E-state index in [4.69, 9.17) is 4.74 Å². The monoisotopic (exact) mass is 450 g/mol. The Morgan fingerprint density at radius 1 is 0.968 bits per heavy atom. The molecule has 1 aromatic rings. The molecule has 168 valence electrons. The number of rotatable bonds is 4. The molecular formula is C18H15F5N2O6. The number of ether oxygens (including phenoxy) is 2. The lowest BCUT2D eigenvalue weighted by atomic mass is 10.2. The fourth-order valence-corrected chi connectivity index (χ4v) is 2.32. The summed E-state index contributed by atoms with van der Waals surface area (Å²) in [7, 11) is 0. The highest BCUT2D eigenvalue weighted by Crippen LogP contribution is 2.30. The van der Waals surface area contributed by atoms with Gasteiger partial charge in [0.2, 0.25) is 34.8 Å². The van der Waals surface area contributed by atoms with E-state index >= 15 is 0 Å². The predicted octanol–water partition coefficient (Wildman–Crippen LogP) is 2.45. The van der Waals surface area contributed by atoms with Gasteiger partial charge in [0.1, 0.15) is 17.3 Å². The Kier molecular flexibility index (Phi) is 6.38. The quantitative estimate of drug-likeness (QED) is 0.189. The Bertz CT molecular complexity index is 989. The van der Waals surface area contributed by atoms with E-state index in [0.717, 1.165) is 6.92 Å². The van der Waals surface area contributed by atoms with Crippen molar-refractivity contribution in [1.29, 1.82) is 0 Å². The second kappa shape index (κ2) is 8.32. The van der Waals surface area contributed by atoms with Gasteiger partial charge in [0, 0.05) is 6.08 Å². The third-order valence-electron chi connectivity index (χ3n) is 3.69.